The summed E-state index contributed by atoms with van der Waals surface area (Å²) in [5.74, 6) is 0.285. The number of hydrogen-bond donors (Lipinski definition) is 2. The molecule has 0 saturated carbocycles. The van der Waals surface area contributed by atoms with Crippen LogP contribution in [0.3, 0.4) is 0 Å². The Morgan fingerprint density at radius 3 is 2.18 bits per heavy atom. The van der Waals surface area contributed by atoms with Crippen molar-refractivity contribution in [2.75, 3.05) is 0 Å². The Labute approximate surface area is 73.0 Å². The molecule has 0 unspecified atom stereocenters. The van der Waals surface area contributed by atoms with E-state index in [0.717, 1.165) is 4.47 Å². The third-order valence-electron chi connectivity index (χ3n) is 0.852. The number of nitrogens with two attached hydrogens (primary N) is 1. The Morgan fingerprint density at radius 2 is 1.91 bits per heavy atom. The molecule has 1 amide bonds. The van der Waals surface area contributed by atoms with Crippen LogP contribution in [0.1, 0.15) is 0 Å². The normalized spacial score (nSPS) is 7.73. The summed E-state index contributed by atoms with van der Waals surface area (Å²) in [4.78, 5) is 8.58. The number of amides is 1. The van der Waals surface area contributed by atoms with E-state index in [2.05, 4.69) is 21.7 Å². The predicted molar refractivity (Wildman–Crippen MR) is 46.1 cm³/mol. The summed E-state index contributed by atoms with van der Waals surface area (Å²) in [5.41, 5.74) is 4.17. The van der Waals surface area contributed by atoms with Crippen molar-refractivity contribution in [3.63, 3.8) is 0 Å². The van der Waals surface area contributed by atoms with E-state index in [-0.39, 0.29) is 12.2 Å². The third-order valence-corrected chi connectivity index (χ3v) is 1.52. The second kappa shape index (κ2) is 5.73. The maximum absolute atomic E-state index is 8.87. The van der Waals surface area contributed by atoms with Gasteiger partial charge in [-0.2, -0.15) is 0 Å². The van der Waals surface area contributed by atoms with E-state index >= 15 is 0 Å². The van der Waals surface area contributed by atoms with Crippen molar-refractivity contribution in [1.82, 2.24) is 0 Å². The van der Waals surface area contributed by atoms with E-state index in [1.165, 1.54) is 0 Å². The van der Waals surface area contributed by atoms with Crippen molar-refractivity contribution in [2.24, 2.45) is 5.73 Å². The minimum atomic E-state index is 0.250. The summed E-state index contributed by atoms with van der Waals surface area (Å²) in [7, 11) is 0. The van der Waals surface area contributed by atoms with Crippen molar-refractivity contribution >= 4 is 22.3 Å². The van der Waals surface area contributed by atoms with Gasteiger partial charge in [0.15, 0.2) is 0 Å². The number of benzene rings is 1. The van der Waals surface area contributed by atoms with Crippen LogP contribution in [0.15, 0.2) is 28.7 Å². The first-order valence-corrected chi connectivity index (χ1v) is 3.60. The molecule has 0 spiro atoms. The maximum atomic E-state index is 8.87. The van der Waals surface area contributed by atoms with E-state index in [1.807, 2.05) is 6.07 Å². The van der Waals surface area contributed by atoms with Crippen LogP contribution in [0.4, 0.5) is 0 Å². The average molecular weight is 218 g/mol. The Bertz CT molecular complexity index is 206. The number of para-hydroxylation sites is 1. The van der Waals surface area contributed by atoms with E-state index in [1.54, 1.807) is 18.2 Å². The molecule has 3 nitrogen and oxygen atoms in total. The second-order valence-corrected chi connectivity index (χ2v) is 2.44. The molecule has 4 heteroatoms. The van der Waals surface area contributed by atoms with Crippen molar-refractivity contribution in [3.05, 3.63) is 28.7 Å². The summed E-state index contributed by atoms with van der Waals surface area (Å²) in [6.45, 7) is 0. The third kappa shape index (κ3) is 4.38. The van der Waals surface area contributed by atoms with Gasteiger partial charge in [-0.15, -0.1) is 0 Å². The molecule has 11 heavy (non-hydrogen) atoms. The molecule has 0 fully saturated rings. The highest BCUT2D eigenvalue weighted by atomic mass is 79.9. The van der Waals surface area contributed by atoms with Gasteiger partial charge in [-0.25, -0.2) is 0 Å². The van der Waals surface area contributed by atoms with E-state index in [0.29, 0.717) is 0 Å². The molecular formula is C7H8BrNO2. The molecule has 60 valence electrons. The molecule has 0 aliphatic carbocycles. The van der Waals surface area contributed by atoms with Crippen LogP contribution in [-0.2, 0) is 4.79 Å². The molecular weight excluding hydrogens is 210 g/mol. The van der Waals surface area contributed by atoms with Crippen LogP contribution in [0.2, 0.25) is 0 Å². The lowest BCUT2D eigenvalue weighted by Gasteiger charge is -1.90. The van der Waals surface area contributed by atoms with E-state index in [9.17, 15) is 0 Å². The molecule has 0 bridgehead atoms. The number of aromatic hydroxyl groups is 1. The number of hydrogen-bond acceptors (Lipinski definition) is 2. The number of primary amides is 1. The first-order chi connectivity index (χ1) is 5.22. The molecule has 0 aliphatic heterocycles. The Hall–Kier alpha value is -1.03. The van der Waals surface area contributed by atoms with Crippen LogP contribution in [0.5, 0.6) is 5.75 Å². The standard InChI is InChI=1S/C6H5BrO.CH3NO/c7-5-3-1-2-4-6(5)8;2-1-3/h1-4,8H;1H,(H2,2,3). The fraction of sp³-hybridized carbons (Fsp3) is 0. The average Bonchev–Trinajstić information content (AvgIpc) is 1.97. The first-order valence-electron chi connectivity index (χ1n) is 2.81. The smallest absolute Gasteiger partial charge is 0.204 e. The molecule has 0 aliphatic rings. The van der Waals surface area contributed by atoms with Crippen molar-refractivity contribution in [1.29, 1.82) is 0 Å². The molecule has 0 atom stereocenters. The topological polar surface area (TPSA) is 63.3 Å². The van der Waals surface area contributed by atoms with Gasteiger partial charge in [-0.05, 0) is 28.1 Å². The maximum Gasteiger partial charge on any atom is 0.204 e. The van der Waals surface area contributed by atoms with Crippen LogP contribution in [0, 0.1) is 0 Å². The second-order valence-electron chi connectivity index (χ2n) is 1.59. The Morgan fingerprint density at radius 1 is 1.45 bits per heavy atom. The van der Waals surface area contributed by atoms with Gasteiger partial charge < -0.3 is 10.8 Å². The SMILES string of the molecule is NC=O.Oc1ccccc1Br. The van der Waals surface area contributed by atoms with Gasteiger partial charge in [-0.3, -0.25) is 4.79 Å². The lowest BCUT2D eigenvalue weighted by Crippen LogP contribution is -1.82. The highest BCUT2D eigenvalue weighted by Crippen LogP contribution is 2.21. The minimum absolute atomic E-state index is 0.250. The van der Waals surface area contributed by atoms with Gasteiger partial charge in [0.05, 0.1) is 4.47 Å². The molecule has 1 aromatic rings. The van der Waals surface area contributed by atoms with E-state index < -0.39 is 0 Å². The number of phenols is 1. The zero-order chi connectivity index (χ0) is 8.69. The quantitative estimate of drug-likeness (QED) is 0.643. The van der Waals surface area contributed by atoms with Crippen LogP contribution in [0.25, 0.3) is 0 Å². The van der Waals surface area contributed by atoms with Crippen molar-refractivity contribution in [3.8, 4) is 5.75 Å². The van der Waals surface area contributed by atoms with E-state index in [4.69, 9.17) is 9.90 Å². The molecule has 1 rings (SSSR count). The largest absolute Gasteiger partial charge is 0.507 e. The number of rotatable bonds is 0. The van der Waals surface area contributed by atoms with Gasteiger partial charge in [-0.1, -0.05) is 12.1 Å². The Balaban J connectivity index is 0.000000292. The number of halogens is 1. The van der Waals surface area contributed by atoms with Gasteiger partial charge in [0.2, 0.25) is 6.41 Å². The van der Waals surface area contributed by atoms with Gasteiger partial charge in [0.1, 0.15) is 5.75 Å². The molecule has 0 radical (unpaired) electrons. The summed E-state index contributed by atoms with van der Waals surface area (Å²) in [6.07, 6.45) is 0.250. The fourth-order valence-electron chi connectivity index (χ4n) is 0.452. The first kappa shape index (κ1) is 9.97. The van der Waals surface area contributed by atoms with Gasteiger partial charge >= 0.3 is 0 Å². The summed E-state index contributed by atoms with van der Waals surface area (Å²) < 4.78 is 0.736. The molecule has 0 heterocycles. The predicted octanol–water partition coefficient (Wildman–Crippen LogP) is 1.26. The molecule has 0 aromatic heterocycles. The fourth-order valence-corrected chi connectivity index (χ4v) is 0.737. The molecule has 0 saturated heterocycles. The summed E-state index contributed by atoms with van der Waals surface area (Å²) in [6, 6.07) is 7.04. The van der Waals surface area contributed by atoms with Gasteiger partial charge in [0.25, 0.3) is 0 Å². The lowest BCUT2D eigenvalue weighted by atomic mass is 10.3. The van der Waals surface area contributed by atoms with Crippen molar-refractivity contribution in [2.45, 2.75) is 0 Å². The number of phenolic OH excluding ortho intramolecular Hbond substituents is 1. The lowest BCUT2D eigenvalue weighted by molar-refractivity contribution is -0.106. The zero-order valence-corrected chi connectivity index (χ0v) is 7.28. The zero-order valence-electron chi connectivity index (χ0n) is 5.70. The van der Waals surface area contributed by atoms with Crippen molar-refractivity contribution < 1.29 is 9.90 Å². The number of carbonyl (C=O) groups is 1. The van der Waals surface area contributed by atoms with Crippen LogP contribution in [-0.4, -0.2) is 11.5 Å². The highest BCUT2D eigenvalue weighted by molar-refractivity contribution is 9.10. The van der Waals surface area contributed by atoms with Crippen LogP contribution < -0.4 is 5.73 Å². The van der Waals surface area contributed by atoms with Gasteiger partial charge in [0, 0.05) is 0 Å². The van der Waals surface area contributed by atoms with Crippen LogP contribution >= 0.6 is 15.9 Å². The molecule has 1 aromatic carbocycles. The minimum Gasteiger partial charge on any atom is -0.507 e. The summed E-state index contributed by atoms with van der Waals surface area (Å²) >= 11 is 3.15. The summed E-state index contributed by atoms with van der Waals surface area (Å²) in [5, 5.41) is 8.87. The monoisotopic (exact) mass is 217 g/mol. The highest BCUT2D eigenvalue weighted by Gasteiger charge is 1.89. The molecule has 3 N–H and O–H groups in total. The number of carbonyl (C=O) groups excluding carboxylic acids is 1. The Kier molecular flexibility index (Phi) is 5.20.